The second-order valence-electron chi connectivity index (χ2n) is 4.55. The zero-order valence-electron chi connectivity index (χ0n) is 10.6. The van der Waals surface area contributed by atoms with E-state index in [-0.39, 0.29) is 0 Å². The molecule has 0 atom stereocenters. The molecule has 0 aliphatic rings. The number of rotatable bonds is 7. The highest BCUT2D eigenvalue weighted by Crippen LogP contribution is 2.56. The molecule has 0 aliphatic heterocycles. The van der Waals surface area contributed by atoms with Crippen molar-refractivity contribution in [2.24, 2.45) is 0 Å². The third kappa shape index (κ3) is 3.44. The quantitative estimate of drug-likeness (QED) is 0.514. The van der Waals surface area contributed by atoms with Gasteiger partial charge in [-0.2, -0.15) is 52.7 Å². The van der Waals surface area contributed by atoms with Gasteiger partial charge in [-0.3, -0.25) is 0 Å². The Hall–Kier alpha value is -0.980. The Balaban J connectivity index is 5.82. The molecule has 0 aromatic carbocycles. The molecule has 0 aromatic rings. The van der Waals surface area contributed by atoms with Crippen LogP contribution in [-0.2, 0) is 0 Å². The molecule has 140 valence electrons. The number of hydrogen-bond donors (Lipinski definition) is 0. The highest BCUT2D eigenvalue weighted by Gasteiger charge is 2.80. The lowest BCUT2D eigenvalue weighted by molar-refractivity contribution is -0.368. The SMILES string of the molecule is CC(F)(F)C(F)(F)C(F)(F)CC(F)(F)C(F)(F)C(F)(F)C(F)F. The van der Waals surface area contributed by atoms with E-state index in [2.05, 4.69) is 0 Å². The Morgan fingerprint density at radius 2 is 0.913 bits per heavy atom. The van der Waals surface area contributed by atoms with Crippen LogP contribution < -0.4 is 0 Å². The average Bonchev–Trinajstić information content (AvgIpc) is 2.24. The summed E-state index contributed by atoms with van der Waals surface area (Å²) in [6, 6.07) is 0. The molecule has 0 saturated carbocycles. The summed E-state index contributed by atoms with van der Waals surface area (Å²) in [5.74, 6) is -39.9. The van der Waals surface area contributed by atoms with Gasteiger partial charge in [0.15, 0.2) is 0 Å². The van der Waals surface area contributed by atoms with E-state index in [1.165, 1.54) is 0 Å². The molecule has 0 heterocycles. The van der Waals surface area contributed by atoms with E-state index in [9.17, 15) is 61.5 Å². The predicted octanol–water partition coefficient (Wildman–Crippen LogP) is 5.47. The van der Waals surface area contributed by atoms with Crippen molar-refractivity contribution in [1.29, 1.82) is 0 Å². The van der Waals surface area contributed by atoms with Gasteiger partial charge in [-0.1, -0.05) is 0 Å². The minimum absolute atomic E-state index is 0.870. The molecule has 14 heteroatoms. The van der Waals surface area contributed by atoms with Crippen molar-refractivity contribution in [3.63, 3.8) is 0 Å². The van der Waals surface area contributed by atoms with Gasteiger partial charge >= 0.3 is 42.0 Å². The Morgan fingerprint density at radius 3 is 1.17 bits per heavy atom. The van der Waals surface area contributed by atoms with Gasteiger partial charge in [0.2, 0.25) is 0 Å². The molecular formula is C9H6F14. The van der Waals surface area contributed by atoms with Gasteiger partial charge in [-0.15, -0.1) is 0 Å². The van der Waals surface area contributed by atoms with Gasteiger partial charge in [-0.05, 0) is 0 Å². The van der Waals surface area contributed by atoms with E-state index in [1.54, 1.807) is 0 Å². The van der Waals surface area contributed by atoms with Crippen LogP contribution in [0.2, 0.25) is 0 Å². The molecule has 0 amide bonds. The van der Waals surface area contributed by atoms with Crippen LogP contribution in [0.25, 0.3) is 0 Å². The van der Waals surface area contributed by atoms with Crippen LogP contribution in [0.15, 0.2) is 0 Å². The standard InChI is InChI=1S/C9H6F14/c1-4(12,13)8(20,21)5(14,15)2-6(16,17)9(22,23)7(18,19)3(10)11/h3H,2H2,1H3. The molecule has 0 saturated heterocycles. The molecule has 0 fully saturated rings. The van der Waals surface area contributed by atoms with Crippen molar-refractivity contribution in [1.82, 2.24) is 0 Å². The summed E-state index contributed by atoms with van der Waals surface area (Å²) in [6.45, 7) is -0.870. The maximum atomic E-state index is 12.9. The lowest BCUT2D eigenvalue weighted by Crippen LogP contribution is -2.62. The van der Waals surface area contributed by atoms with Gasteiger partial charge in [-0.25, -0.2) is 8.78 Å². The number of alkyl halides is 14. The first kappa shape index (κ1) is 22.0. The summed E-state index contributed by atoms with van der Waals surface area (Å²) >= 11 is 0. The minimum Gasteiger partial charge on any atom is -0.203 e. The Bertz CT molecular complexity index is 416. The van der Waals surface area contributed by atoms with E-state index >= 15 is 0 Å². The summed E-state index contributed by atoms with van der Waals surface area (Å²) in [6.07, 6.45) is -9.68. The molecule has 0 bridgehead atoms. The highest BCUT2D eigenvalue weighted by atomic mass is 19.4. The molecule has 0 aliphatic carbocycles. The second-order valence-corrected chi connectivity index (χ2v) is 4.55. The van der Waals surface area contributed by atoms with Crippen molar-refractivity contribution in [2.75, 3.05) is 0 Å². The first-order valence-corrected chi connectivity index (χ1v) is 5.20. The molecule has 0 radical (unpaired) electrons. The van der Waals surface area contributed by atoms with Crippen LogP contribution in [0.4, 0.5) is 61.5 Å². The molecule has 0 unspecified atom stereocenters. The fraction of sp³-hybridized carbons (Fsp3) is 1.00. The van der Waals surface area contributed by atoms with E-state index < -0.39 is 55.3 Å². The average molecular weight is 380 g/mol. The van der Waals surface area contributed by atoms with E-state index in [0.29, 0.717) is 0 Å². The largest absolute Gasteiger partial charge is 0.378 e. The third-order valence-electron chi connectivity index (χ3n) is 2.61. The van der Waals surface area contributed by atoms with E-state index in [0.717, 1.165) is 0 Å². The summed E-state index contributed by atoms with van der Waals surface area (Å²) in [5.41, 5.74) is 0. The molecule has 0 N–H and O–H groups in total. The zero-order chi connectivity index (χ0) is 19.3. The topological polar surface area (TPSA) is 0 Å². The molecule has 0 spiro atoms. The fourth-order valence-corrected chi connectivity index (χ4v) is 1.20. The van der Waals surface area contributed by atoms with Crippen molar-refractivity contribution in [3.8, 4) is 0 Å². The van der Waals surface area contributed by atoms with Crippen LogP contribution >= 0.6 is 0 Å². The molecule has 0 nitrogen and oxygen atoms in total. The summed E-state index contributed by atoms with van der Waals surface area (Å²) < 4.78 is 175. The first-order valence-electron chi connectivity index (χ1n) is 5.20. The van der Waals surface area contributed by atoms with Crippen LogP contribution in [0.1, 0.15) is 13.3 Å². The van der Waals surface area contributed by atoms with Crippen LogP contribution in [0, 0.1) is 0 Å². The Morgan fingerprint density at radius 1 is 0.609 bits per heavy atom. The molecule has 23 heavy (non-hydrogen) atoms. The molecular weight excluding hydrogens is 374 g/mol. The van der Waals surface area contributed by atoms with Crippen LogP contribution in [0.3, 0.4) is 0 Å². The highest BCUT2D eigenvalue weighted by molar-refractivity contribution is 5.04. The van der Waals surface area contributed by atoms with Crippen molar-refractivity contribution < 1.29 is 61.5 Å². The zero-order valence-corrected chi connectivity index (χ0v) is 10.6. The maximum absolute atomic E-state index is 12.9. The molecule has 0 aromatic heterocycles. The lowest BCUT2D eigenvalue weighted by Gasteiger charge is -2.37. The van der Waals surface area contributed by atoms with E-state index in [1.807, 2.05) is 0 Å². The maximum Gasteiger partial charge on any atom is 0.378 e. The monoisotopic (exact) mass is 380 g/mol. The second kappa shape index (κ2) is 5.53. The van der Waals surface area contributed by atoms with Crippen molar-refractivity contribution in [3.05, 3.63) is 0 Å². The van der Waals surface area contributed by atoms with Crippen molar-refractivity contribution >= 4 is 0 Å². The normalized spacial score (nSPS) is 16.2. The lowest BCUT2D eigenvalue weighted by atomic mass is 9.93. The predicted molar refractivity (Wildman–Crippen MR) is 46.0 cm³/mol. The first-order chi connectivity index (χ1) is 9.65. The summed E-state index contributed by atoms with van der Waals surface area (Å²) in [5, 5.41) is 0. The van der Waals surface area contributed by atoms with Gasteiger partial charge in [0, 0.05) is 6.92 Å². The van der Waals surface area contributed by atoms with Gasteiger partial charge in [0.1, 0.15) is 0 Å². The third-order valence-corrected chi connectivity index (χ3v) is 2.61. The summed E-state index contributed by atoms with van der Waals surface area (Å²) in [4.78, 5) is 0. The Kier molecular flexibility index (Phi) is 5.30. The van der Waals surface area contributed by atoms with Crippen LogP contribution in [0.5, 0.6) is 0 Å². The minimum atomic E-state index is -7.21. The van der Waals surface area contributed by atoms with Gasteiger partial charge in [0.25, 0.3) is 0 Å². The Labute approximate surface area is 118 Å². The van der Waals surface area contributed by atoms with Crippen LogP contribution in [-0.4, -0.2) is 42.0 Å². The fourth-order valence-electron chi connectivity index (χ4n) is 1.20. The molecule has 0 rings (SSSR count). The number of halogens is 14. The van der Waals surface area contributed by atoms with E-state index in [4.69, 9.17) is 0 Å². The smallest absolute Gasteiger partial charge is 0.203 e. The van der Waals surface area contributed by atoms with Gasteiger partial charge in [0.05, 0.1) is 6.42 Å². The van der Waals surface area contributed by atoms with Gasteiger partial charge < -0.3 is 0 Å². The number of hydrogen-bond acceptors (Lipinski definition) is 0. The van der Waals surface area contributed by atoms with Crippen molar-refractivity contribution in [2.45, 2.75) is 55.3 Å². The summed E-state index contributed by atoms with van der Waals surface area (Å²) in [7, 11) is 0.